The van der Waals surface area contributed by atoms with Crippen molar-refractivity contribution in [2.45, 2.75) is 25.0 Å². The summed E-state index contributed by atoms with van der Waals surface area (Å²) in [6.45, 7) is 6.82. The molecule has 9 heteroatoms. The number of fused-ring (bicyclic) bond motifs is 1. The summed E-state index contributed by atoms with van der Waals surface area (Å²) in [6, 6.07) is 12.3. The zero-order chi connectivity index (χ0) is 24.2. The van der Waals surface area contributed by atoms with Gasteiger partial charge in [0.05, 0.1) is 19.0 Å². The van der Waals surface area contributed by atoms with Crippen LogP contribution in [-0.2, 0) is 17.7 Å². The van der Waals surface area contributed by atoms with Crippen LogP contribution >= 0.6 is 11.8 Å². The Hall–Kier alpha value is -3.01. The van der Waals surface area contributed by atoms with Crippen LogP contribution in [0.2, 0.25) is 0 Å². The molecule has 0 spiro atoms. The summed E-state index contributed by atoms with van der Waals surface area (Å²) in [5, 5.41) is 10.4. The van der Waals surface area contributed by atoms with Gasteiger partial charge in [-0.15, -0.1) is 10.2 Å². The predicted octanol–water partition coefficient (Wildman–Crippen LogP) is 4.44. The van der Waals surface area contributed by atoms with E-state index in [2.05, 4.69) is 33.1 Å². The van der Waals surface area contributed by atoms with Crippen molar-refractivity contribution in [1.82, 2.24) is 24.6 Å². The molecule has 1 aliphatic rings. The first-order valence-electron chi connectivity index (χ1n) is 11.9. The lowest BCUT2D eigenvalue weighted by Crippen LogP contribution is -2.38. The van der Waals surface area contributed by atoms with E-state index >= 15 is 0 Å². The van der Waals surface area contributed by atoms with Gasteiger partial charge in [-0.2, -0.15) is 0 Å². The number of benzene rings is 2. The average Bonchev–Trinajstić information content (AvgIpc) is 3.51. The molecular weight excluding hydrogens is 465 g/mol. The maximum atomic E-state index is 13.5. The van der Waals surface area contributed by atoms with E-state index in [9.17, 15) is 9.18 Å². The van der Waals surface area contributed by atoms with E-state index < -0.39 is 0 Å². The number of ether oxygens (including phenoxy) is 1. The molecule has 35 heavy (non-hydrogen) atoms. The Kier molecular flexibility index (Phi) is 7.26. The Morgan fingerprint density at radius 1 is 1.11 bits per heavy atom. The lowest BCUT2D eigenvalue weighted by Gasteiger charge is -2.27. The smallest absolute Gasteiger partial charge is 0.191 e. The van der Waals surface area contributed by atoms with Gasteiger partial charge >= 0.3 is 0 Å². The van der Waals surface area contributed by atoms with E-state index in [-0.39, 0.29) is 17.4 Å². The van der Waals surface area contributed by atoms with Crippen LogP contribution in [0.4, 0.5) is 4.39 Å². The van der Waals surface area contributed by atoms with Crippen LogP contribution in [0, 0.1) is 5.82 Å². The Morgan fingerprint density at radius 3 is 2.69 bits per heavy atom. The fraction of sp³-hybridized carbons (Fsp3) is 0.346. The highest BCUT2D eigenvalue weighted by Crippen LogP contribution is 2.27. The lowest BCUT2D eigenvalue weighted by molar-refractivity contribution is 0.0361. The van der Waals surface area contributed by atoms with Gasteiger partial charge in [-0.3, -0.25) is 9.69 Å². The van der Waals surface area contributed by atoms with Crippen LogP contribution in [0.3, 0.4) is 0 Å². The van der Waals surface area contributed by atoms with Gasteiger partial charge in [0, 0.05) is 54.4 Å². The molecular formula is C26H28FN5O2S. The van der Waals surface area contributed by atoms with Crippen molar-refractivity contribution in [3.05, 3.63) is 65.6 Å². The topological polar surface area (TPSA) is 76.0 Å². The zero-order valence-corrected chi connectivity index (χ0v) is 20.5. The highest BCUT2D eigenvalue weighted by molar-refractivity contribution is 7.99. The molecule has 7 nitrogen and oxygen atoms in total. The molecule has 0 amide bonds. The van der Waals surface area contributed by atoms with Gasteiger partial charge in [-0.25, -0.2) is 4.39 Å². The highest BCUT2D eigenvalue weighted by atomic mass is 32.2. The summed E-state index contributed by atoms with van der Waals surface area (Å²) in [5.74, 6) is 0.675. The van der Waals surface area contributed by atoms with Crippen molar-refractivity contribution in [3.63, 3.8) is 0 Å². The number of Topliss-reactive ketones (excluding diaryl/α,β-unsaturated/α-hetero) is 1. The number of carbonyl (C=O) groups is 1. The van der Waals surface area contributed by atoms with Crippen LogP contribution in [0.15, 0.2) is 53.8 Å². The third kappa shape index (κ3) is 5.17. The summed E-state index contributed by atoms with van der Waals surface area (Å²) in [5.41, 5.74) is 3.71. The summed E-state index contributed by atoms with van der Waals surface area (Å²) < 4.78 is 21.0. The Labute approximate surface area is 207 Å². The number of aromatic amines is 1. The maximum Gasteiger partial charge on any atom is 0.191 e. The third-order valence-electron chi connectivity index (χ3n) is 6.38. The first kappa shape index (κ1) is 23.7. The highest BCUT2D eigenvalue weighted by Gasteiger charge is 2.20. The van der Waals surface area contributed by atoms with Crippen LogP contribution in [0.1, 0.15) is 22.8 Å². The van der Waals surface area contributed by atoms with Crippen molar-refractivity contribution in [1.29, 1.82) is 0 Å². The van der Waals surface area contributed by atoms with Crippen molar-refractivity contribution in [3.8, 4) is 11.4 Å². The minimum atomic E-state index is -0.293. The zero-order valence-electron chi connectivity index (χ0n) is 19.7. The molecule has 5 rings (SSSR count). The number of ketones is 1. The van der Waals surface area contributed by atoms with Crippen LogP contribution < -0.4 is 0 Å². The monoisotopic (exact) mass is 493 g/mol. The van der Waals surface area contributed by atoms with E-state index in [1.807, 2.05) is 16.7 Å². The Balaban J connectivity index is 1.36. The number of aryl methyl sites for hydroxylation is 1. The summed E-state index contributed by atoms with van der Waals surface area (Å²) >= 11 is 1.39. The van der Waals surface area contributed by atoms with Crippen molar-refractivity contribution >= 4 is 28.4 Å². The number of hydrogen-bond acceptors (Lipinski definition) is 6. The molecule has 1 aliphatic heterocycles. The number of morpholine rings is 1. The Morgan fingerprint density at radius 2 is 1.91 bits per heavy atom. The van der Waals surface area contributed by atoms with Crippen LogP contribution in [-0.4, -0.2) is 69.0 Å². The van der Waals surface area contributed by atoms with E-state index in [1.54, 1.807) is 18.3 Å². The molecule has 0 radical (unpaired) electrons. The van der Waals surface area contributed by atoms with E-state index in [1.165, 1.54) is 29.5 Å². The third-order valence-corrected chi connectivity index (χ3v) is 7.35. The number of H-pyrrole nitrogens is 1. The predicted molar refractivity (Wildman–Crippen MR) is 135 cm³/mol. The van der Waals surface area contributed by atoms with Crippen LogP contribution in [0.5, 0.6) is 0 Å². The number of halogens is 1. The first-order chi connectivity index (χ1) is 17.1. The van der Waals surface area contributed by atoms with Gasteiger partial charge < -0.3 is 14.3 Å². The molecule has 182 valence electrons. The SMILES string of the molecule is CCc1cccc2c(C(=O)CSc3nnc(-c4ccc(F)cc4)n3CCN3CCOCC3)c[nH]c12. The summed E-state index contributed by atoms with van der Waals surface area (Å²) in [4.78, 5) is 18.8. The van der Waals surface area contributed by atoms with Gasteiger partial charge in [0.1, 0.15) is 5.82 Å². The van der Waals surface area contributed by atoms with Crippen molar-refractivity contribution in [2.75, 3.05) is 38.6 Å². The molecule has 1 saturated heterocycles. The molecule has 1 N–H and O–H groups in total. The molecule has 0 atom stereocenters. The van der Waals surface area contributed by atoms with Gasteiger partial charge in [0.15, 0.2) is 16.8 Å². The quantitative estimate of drug-likeness (QED) is 0.275. The van der Waals surface area contributed by atoms with Gasteiger partial charge in [-0.05, 0) is 36.2 Å². The van der Waals surface area contributed by atoms with Crippen molar-refractivity contribution in [2.24, 2.45) is 0 Å². The molecule has 1 fully saturated rings. The summed E-state index contributed by atoms with van der Waals surface area (Å²) in [6.07, 6.45) is 2.71. The summed E-state index contributed by atoms with van der Waals surface area (Å²) in [7, 11) is 0. The fourth-order valence-electron chi connectivity index (χ4n) is 4.43. The normalized spacial score (nSPS) is 14.6. The number of nitrogens with zero attached hydrogens (tertiary/aromatic N) is 4. The minimum Gasteiger partial charge on any atom is -0.379 e. The molecule has 3 heterocycles. The molecule has 2 aromatic carbocycles. The van der Waals surface area contributed by atoms with E-state index in [0.717, 1.165) is 55.7 Å². The Bertz CT molecular complexity index is 1310. The number of aromatic nitrogens is 4. The molecule has 0 aliphatic carbocycles. The average molecular weight is 494 g/mol. The van der Waals surface area contributed by atoms with E-state index in [4.69, 9.17) is 4.74 Å². The standard InChI is InChI=1S/C26H28FN5O2S/c1-2-18-4-3-5-21-22(16-28-24(18)21)23(33)17-35-26-30-29-25(19-6-8-20(27)9-7-19)32(26)11-10-31-12-14-34-15-13-31/h3-9,16,28H,2,10-15,17H2,1H3. The van der Waals surface area contributed by atoms with Gasteiger partial charge in [-0.1, -0.05) is 36.9 Å². The van der Waals surface area contributed by atoms with Crippen molar-refractivity contribution < 1.29 is 13.9 Å². The van der Waals surface area contributed by atoms with Gasteiger partial charge in [0.25, 0.3) is 0 Å². The van der Waals surface area contributed by atoms with Gasteiger partial charge in [0.2, 0.25) is 0 Å². The van der Waals surface area contributed by atoms with E-state index in [0.29, 0.717) is 23.1 Å². The number of para-hydroxylation sites is 1. The number of thioether (sulfide) groups is 1. The molecule has 0 saturated carbocycles. The first-order valence-corrected chi connectivity index (χ1v) is 12.9. The minimum absolute atomic E-state index is 0.0422. The van der Waals surface area contributed by atoms with Crippen LogP contribution in [0.25, 0.3) is 22.3 Å². The number of hydrogen-bond donors (Lipinski definition) is 1. The molecule has 0 unspecified atom stereocenters. The maximum absolute atomic E-state index is 13.5. The number of nitrogens with one attached hydrogen (secondary N) is 1. The number of carbonyl (C=O) groups excluding carboxylic acids is 1. The fourth-order valence-corrected chi connectivity index (χ4v) is 5.27. The largest absolute Gasteiger partial charge is 0.379 e. The molecule has 0 bridgehead atoms. The molecule has 2 aromatic heterocycles. The second kappa shape index (κ2) is 10.7. The lowest BCUT2D eigenvalue weighted by atomic mass is 10.1. The second-order valence-electron chi connectivity index (χ2n) is 8.53. The number of rotatable bonds is 9. The second-order valence-corrected chi connectivity index (χ2v) is 9.47. The molecule has 4 aromatic rings.